The highest BCUT2D eigenvalue weighted by Gasteiger charge is 2.29. The van der Waals surface area contributed by atoms with E-state index in [-0.39, 0.29) is 4.90 Å². The maximum atomic E-state index is 12.6. The number of nitrogens with zero attached hydrogens (tertiary/aromatic N) is 3. The van der Waals surface area contributed by atoms with E-state index in [4.69, 9.17) is 0 Å². The van der Waals surface area contributed by atoms with E-state index in [9.17, 15) is 8.42 Å². The predicted molar refractivity (Wildman–Crippen MR) is 79.3 cm³/mol. The molecule has 20 heavy (non-hydrogen) atoms. The Balaban J connectivity index is 2.21. The highest BCUT2D eigenvalue weighted by atomic mass is 32.2. The van der Waals surface area contributed by atoms with Gasteiger partial charge in [0.25, 0.3) is 0 Å². The molecule has 0 spiro atoms. The molecule has 0 aromatic carbocycles. The van der Waals surface area contributed by atoms with E-state index < -0.39 is 10.0 Å². The summed E-state index contributed by atoms with van der Waals surface area (Å²) in [6.45, 7) is 1.55. The normalized spacial score (nSPS) is 20.5. The lowest BCUT2D eigenvalue weighted by Gasteiger charge is -2.25. The third-order valence-electron chi connectivity index (χ3n) is 3.88. The van der Waals surface area contributed by atoms with Crippen LogP contribution in [0.4, 0.5) is 5.69 Å². The van der Waals surface area contributed by atoms with Gasteiger partial charge in [-0.2, -0.15) is 4.31 Å². The number of pyridine rings is 1. The highest BCUT2D eigenvalue weighted by molar-refractivity contribution is 7.89. The molecule has 1 N–H and O–H groups in total. The molecule has 1 saturated heterocycles. The zero-order valence-electron chi connectivity index (χ0n) is 12.2. The van der Waals surface area contributed by atoms with Gasteiger partial charge < -0.3 is 10.2 Å². The van der Waals surface area contributed by atoms with Crippen molar-refractivity contribution in [3.05, 3.63) is 18.5 Å². The largest absolute Gasteiger partial charge is 0.387 e. The van der Waals surface area contributed by atoms with Gasteiger partial charge in [-0.05, 0) is 32.5 Å². The van der Waals surface area contributed by atoms with E-state index in [1.165, 1.54) is 10.5 Å². The lowest BCUT2D eigenvalue weighted by Crippen LogP contribution is -2.39. The maximum absolute atomic E-state index is 12.6. The molecule has 7 heteroatoms. The van der Waals surface area contributed by atoms with E-state index in [2.05, 4.69) is 15.2 Å². The van der Waals surface area contributed by atoms with Crippen molar-refractivity contribution in [2.75, 3.05) is 39.5 Å². The van der Waals surface area contributed by atoms with Crippen LogP contribution in [-0.2, 0) is 10.0 Å². The summed E-state index contributed by atoms with van der Waals surface area (Å²) in [5.74, 6) is 0. The number of hydrogen-bond acceptors (Lipinski definition) is 5. The summed E-state index contributed by atoms with van der Waals surface area (Å²) in [4.78, 5) is 6.38. The molecule has 1 fully saturated rings. The molecule has 0 radical (unpaired) electrons. The molecule has 112 valence electrons. The second-order valence-corrected chi connectivity index (χ2v) is 7.20. The van der Waals surface area contributed by atoms with Crippen LogP contribution in [0.3, 0.4) is 0 Å². The molecule has 6 nitrogen and oxygen atoms in total. The van der Waals surface area contributed by atoms with Gasteiger partial charge in [0, 0.05) is 39.1 Å². The Bertz CT molecular complexity index is 561. The number of nitrogens with one attached hydrogen (secondary N) is 1. The molecule has 1 atom stereocenters. The molecule has 2 heterocycles. The molecule has 1 aliphatic heterocycles. The van der Waals surface area contributed by atoms with E-state index in [0.29, 0.717) is 18.3 Å². The Morgan fingerprint density at radius 2 is 2.30 bits per heavy atom. The SMILES string of the molecule is CNc1ccncc1S(=O)(=O)N(C)CC1CCCN1C. The zero-order valence-corrected chi connectivity index (χ0v) is 13.0. The van der Waals surface area contributed by atoms with E-state index in [1.54, 1.807) is 26.4 Å². The topological polar surface area (TPSA) is 65.5 Å². The van der Waals surface area contributed by atoms with E-state index in [1.807, 2.05) is 7.05 Å². The Hall–Kier alpha value is -1.18. The number of aromatic nitrogens is 1. The lowest BCUT2D eigenvalue weighted by molar-refractivity contribution is 0.271. The van der Waals surface area contributed by atoms with Crippen LogP contribution >= 0.6 is 0 Å². The lowest BCUT2D eigenvalue weighted by atomic mass is 10.2. The van der Waals surface area contributed by atoms with Crippen LogP contribution in [-0.4, -0.2) is 62.9 Å². The zero-order chi connectivity index (χ0) is 14.8. The summed E-state index contributed by atoms with van der Waals surface area (Å²) in [6, 6.07) is 1.96. The van der Waals surface area contributed by atoms with Gasteiger partial charge in [0.1, 0.15) is 4.90 Å². The Kier molecular flexibility index (Phi) is 4.62. The first-order chi connectivity index (χ1) is 9.46. The van der Waals surface area contributed by atoms with Crippen molar-refractivity contribution >= 4 is 15.7 Å². The van der Waals surface area contributed by atoms with Gasteiger partial charge in [-0.25, -0.2) is 8.42 Å². The second kappa shape index (κ2) is 6.07. The average molecular weight is 298 g/mol. The minimum absolute atomic E-state index is 0.227. The number of sulfonamides is 1. The third kappa shape index (κ3) is 2.94. The molecule has 0 bridgehead atoms. The van der Waals surface area contributed by atoms with E-state index in [0.717, 1.165) is 19.4 Å². The summed E-state index contributed by atoms with van der Waals surface area (Å²) >= 11 is 0. The number of anilines is 1. The van der Waals surface area contributed by atoms with E-state index >= 15 is 0 Å². The number of hydrogen-bond donors (Lipinski definition) is 1. The van der Waals surface area contributed by atoms with Crippen LogP contribution in [0.5, 0.6) is 0 Å². The Morgan fingerprint density at radius 1 is 1.55 bits per heavy atom. The quantitative estimate of drug-likeness (QED) is 0.872. The fraction of sp³-hybridized carbons (Fsp3) is 0.615. The van der Waals surface area contributed by atoms with Crippen LogP contribution in [0, 0.1) is 0 Å². The van der Waals surface area contributed by atoms with Gasteiger partial charge >= 0.3 is 0 Å². The fourth-order valence-electron chi connectivity index (χ4n) is 2.56. The fourth-order valence-corrected chi connectivity index (χ4v) is 3.91. The van der Waals surface area contributed by atoms with Crippen LogP contribution in [0.2, 0.25) is 0 Å². The second-order valence-electron chi connectivity index (χ2n) is 5.18. The van der Waals surface area contributed by atoms with Crippen molar-refractivity contribution in [2.24, 2.45) is 0 Å². The first-order valence-electron chi connectivity index (χ1n) is 6.75. The van der Waals surface area contributed by atoms with Crippen molar-refractivity contribution in [1.82, 2.24) is 14.2 Å². The van der Waals surface area contributed by atoms with Gasteiger partial charge in [-0.15, -0.1) is 0 Å². The first-order valence-corrected chi connectivity index (χ1v) is 8.19. The van der Waals surface area contributed by atoms with Gasteiger partial charge in [0.05, 0.1) is 5.69 Å². The summed E-state index contributed by atoms with van der Waals surface area (Å²) in [7, 11) is 1.87. The molecule has 1 unspecified atom stereocenters. The van der Waals surface area contributed by atoms with Crippen molar-refractivity contribution in [1.29, 1.82) is 0 Å². The Labute approximate surface area is 120 Å². The predicted octanol–water partition coefficient (Wildman–Crippen LogP) is 0.838. The van der Waals surface area contributed by atoms with Crippen molar-refractivity contribution in [3.8, 4) is 0 Å². The third-order valence-corrected chi connectivity index (χ3v) is 5.73. The van der Waals surface area contributed by atoms with Crippen LogP contribution in [0.15, 0.2) is 23.4 Å². The molecule has 0 aliphatic carbocycles. The molecule has 1 aromatic heterocycles. The maximum Gasteiger partial charge on any atom is 0.246 e. The first kappa shape index (κ1) is 15.2. The molecule has 0 saturated carbocycles. The summed E-state index contributed by atoms with van der Waals surface area (Å²) < 4.78 is 26.7. The summed E-state index contributed by atoms with van der Waals surface area (Å²) in [5.41, 5.74) is 0.576. The molecular weight excluding hydrogens is 276 g/mol. The minimum Gasteiger partial charge on any atom is -0.387 e. The molecule has 1 aliphatic rings. The molecular formula is C13H22N4O2S. The monoisotopic (exact) mass is 298 g/mol. The molecule has 0 amide bonds. The molecule has 1 aromatic rings. The van der Waals surface area contributed by atoms with Gasteiger partial charge in [-0.3, -0.25) is 4.98 Å². The average Bonchev–Trinajstić information content (AvgIpc) is 2.84. The number of likely N-dealkylation sites (N-methyl/N-ethyl adjacent to an activating group) is 2. The number of rotatable bonds is 5. The smallest absolute Gasteiger partial charge is 0.246 e. The van der Waals surface area contributed by atoms with Gasteiger partial charge in [0.2, 0.25) is 10.0 Å². The molecule has 2 rings (SSSR count). The standard InChI is InChI=1S/C13H22N4O2S/c1-14-12-6-7-15-9-13(12)20(18,19)17(3)10-11-5-4-8-16(11)2/h6-7,9,11H,4-5,8,10H2,1-3H3,(H,14,15). The summed E-state index contributed by atoms with van der Waals surface area (Å²) in [6.07, 6.45) is 5.15. The highest BCUT2D eigenvalue weighted by Crippen LogP contribution is 2.24. The number of likely N-dealkylation sites (tertiary alicyclic amines) is 1. The van der Waals surface area contributed by atoms with Gasteiger partial charge in [-0.1, -0.05) is 0 Å². The minimum atomic E-state index is -3.51. The van der Waals surface area contributed by atoms with Crippen molar-refractivity contribution in [2.45, 2.75) is 23.8 Å². The summed E-state index contributed by atoms with van der Waals surface area (Å²) in [5, 5.41) is 2.90. The van der Waals surface area contributed by atoms with Gasteiger partial charge in [0.15, 0.2) is 0 Å². The van der Waals surface area contributed by atoms with Crippen molar-refractivity contribution < 1.29 is 8.42 Å². The Morgan fingerprint density at radius 3 is 2.90 bits per heavy atom. The van der Waals surface area contributed by atoms with Crippen LogP contribution in [0.1, 0.15) is 12.8 Å². The van der Waals surface area contributed by atoms with Crippen molar-refractivity contribution in [3.63, 3.8) is 0 Å². The van der Waals surface area contributed by atoms with Crippen LogP contribution in [0.25, 0.3) is 0 Å². The van der Waals surface area contributed by atoms with Crippen LogP contribution < -0.4 is 5.32 Å².